The first-order valence-corrected chi connectivity index (χ1v) is 31.2. The molecule has 80 heavy (non-hydrogen) atoms. The minimum absolute atomic E-state index is 0.530. The van der Waals surface area contributed by atoms with Crippen LogP contribution in [0.2, 0.25) is 0 Å². The van der Waals surface area contributed by atoms with Crippen LogP contribution in [-0.4, -0.2) is 75.3 Å². The number of nitrogens with one attached hydrogen (secondary N) is 5. The molecule has 9 rings (SSSR count). The molecule has 0 fully saturated rings. The van der Waals surface area contributed by atoms with Gasteiger partial charge in [-0.3, -0.25) is 15.2 Å². The van der Waals surface area contributed by atoms with Crippen LogP contribution < -0.4 is 0 Å². The van der Waals surface area contributed by atoms with E-state index in [1.807, 2.05) is 70.3 Å². The molecule has 0 aliphatic rings. The minimum atomic E-state index is 0.530. The van der Waals surface area contributed by atoms with E-state index in [1.165, 1.54) is 24.2 Å². The Hall–Kier alpha value is -5.50. The Kier molecular flexibility index (Phi) is 93.7. The summed E-state index contributed by atoms with van der Waals surface area (Å²) >= 11 is 6.39. The first-order valence-electron chi connectivity index (χ1n) is 27.6. The molecular weight excluding hydrogens is 1070 g/mol. The standard InChI is InChI=1S/C5H8N2S.C4H5N.C4H4S.8C4H10.2C3H4N2.2C3H3NS.2C2H3N3/c1-4(2)5-7-6-3-8-5;2*1-2-4-5-3-1;8*1-4(2)3;1-2-5-3-4-1;1-2-4-5-3-1;1-2-5-3-4-1;1-2-4-5-3-1;1-3-2-5-4-1;1-2-4-5-3-1/h3-4H,1-2H3;1-5H;1-4H;8*4H,1-3H3;2*1-3H,(H,4,5);2*1-3H;2*1-2H,(H,3,4,5). The van der Waals surface area contributed by atoms with Gasteiger partial charge in [-0.1, -0.05) is 192 Å². The molecule has 0 atom stereocenters. The fraction of sp³-hybridized carbons (Fsp3) is 0.574. The zero-order chi connectivity index (χ0) is 62.9. The van der Waals surface area contributed by atoms with Crippen LogP contribution in [0.3, 0.4) is 0 Å². The summed E-state index contributed by atoms with van der Waals surface area (Å²) in [6, 6.07) is 11.7. The van der Waals surface area contributed by atoms with E-state index in [0.29, 0.717) is 5.92 Å². The average molecular weight is 1190 g/mol. The maximum Gasteiger partial charge on any atom is 0.137 e. The minimum Gasteiger partial charge on any atom is -0.368 e. The highest BCUT2D eigenvalue weighted by Gasteiger charge is 1.99. The van der Waals surface area contributed by atoms with Crippen molar-refractivity contribution in [3.63, 3.8) is 0 Å². The smallest absolute Gasteiger partial charge is 0.137 e. The molecule has 0 saturated carbocycles. The number of nitrogens with zero attached hydrogens (tertiary/aromatic N) is 10. The summed E-state index contributed by atoms with van der Waals surface area (Å²) in [5.74, 6) is 7.20. The van der Waals surface area contributed by atoms with E-state index in [0.717, 1.165) is 52.4 Å². The molecule has 9 aromatic rings. The van der Waals surface area contributed by atoms with Crippen LogP contribution in [0.1, 0.15) is 191 Å². The second-order valence-corrected chi connectivity index (χ2v) is 24.8. The molecule has 0 aromatic carbocycles. The Balaban J connectivity index is -0.000000115. The number of thiazole rings is 1. The SMILES string of the molecule is CC(C)C.CC(C)C.CC(C)C.CC(C)C.CC(C)C.CC(C)C.CC(C)C.CC(C)C.CC(C)c1nncs1.c1c[nH]cn1.c1cc[nH]c1.c1ccsc1.c1cn[nH]c1.c1cn[nH]n1.c1cnsc1.c1cscn1.c1nc[nH]n1. The summed E-state index contributed by atoms with van der Waals surface area (Å²) in [4.78, 5) is 16.6. The van der Waals surface area contributed by atoms with Crippen LogP contribution >= 0.6 is 45.5 Å². The van der Waals surface area contributed by atoms with Crippen LogP contribution in [0.4, 0.5) is 0 Å². The number of H-pyrrole nitrogens is 5. The summed E-state index contributed by atoms with van der Waals surface area (Å²) in [5.41, 5.74) is 3.55. The summed E-state index contributed by atoms with van der Waals surface area (Å²) in [6.07, 6.45) is 22.0. The molecule has 9 aromatic heterocycles. The Bertz CT molecular complexity index is 1430. The van der Waals surface area contributed by atoms with E-state index < -0.39 is 0 Å². The summed E-state index contributed by atoms with van der Waals surface area (Å²) in [5, 5.41) is 38.2. The number of aromatic amines is 5. The number of hydrogen-bond donors (Lipinski definition) is 5. The number of hydrogen-bond acceptors (Lipinski definition) is 14. The van der Waals surface area contributed by atoms with Crippen molar-refractivity contribution in [2.45, 2.75) is 186 Å². The van der Waals surface area contributed by atoms with Gasteiger partial charge in [0.25, 0.3) is 0 Å². The van der Waals surface area contributed by atoms with Gasteiger partial charge in [-0.05, 0) is 93.9 Å². The van der Waals surface area contributed by atoms with Crippen molar-refractivity contribution < 1.29 is 0 Å². The van der Waals surface area contributed by atoms with Gasteiger partial charge in [-0.25, -0.2) is 14.3 Å². The Morgan fingerprint density at radius 3 is 0.988 bits per heavy atom. The van der Waals surface area contributed by atoms with Gasteiger partial charge >= 0.3 is 0 Å². The second-order valence-electron chi connectivity index (χ2n) is 21.7. The monoisotopic (exact) mass is 1190 g/mol. The maximum atomic E-state index is 3.88. The molecule has 9 heterocycles. The lowest BCUT2D eigenvalue weighted by molar-refractivity contribution is 0.736. The highest BCUT2D eigenvalue weighted by Crippen LogP contribution is 2.13. The molecule has 0 spiro atoms. The Morgan fingerprint density at radius 2 is 0.863 bits per heavy atom. The molecule has 0 saturated heterocycles. The first-order chi connectivity index (χ1) is 37.7. The molecule has 0 aliphatic carbocycles. The van der Waals surface area contributed by atoms with E-state index in [9.17, 15) is 0 Å². The van der Waals surface area contributed by atoms with Gasteiger partial charge < -0.3 is 9.97 Å². The summed E-state index contributed by atoms with van der Waals surface area (Å²) < 4.78 is 3.76. The van der Waals surface area contributed by atoms with Crippen molar-refractivity contribution in [3.05, 3.63) is 155 Å². The van der Waals surface area contributed by atoms with Crippen molar-refractivity contribution in [2.24, 2.45) is 47.3 Å². The fourth-order valence-corrected chi connectivity index (χ4v) is 3.78. The van der Waals surface area contributed by atoms with E-state index >= 15 is 0 Å². The van der Waals surface area contributed by atoms with Crippen molar-refractivity contribution in [1.29, 1.82) is 0 Å². The third-order valence-corrected chi connectivity index (χ3v) is 6.63. The molecule has 0 aliphatic heterocycles. The average Bonchev–Trinajstić information content (AvgIpc) is 4.22. The van der Waals surface area contributed by atoms with Crippen molar-refractivity contribution in [1.82, 2.24) is 75.3 Å². The lowest BCUT2D eigenvalue weighted by Crippen LogP contribution is -1.83. The molecule has 5 N–H and O–H groups in total. The van der Waals surface area contributed by atoms with Gasteiger partial charge in [0.15, 0.2) is 0 Å². The maximum absolute atomic E-state index is 3.88. The summed E-state index contributed by atoms with van der Waals surface area (Å²) in [6.45, 7) is 56.2. The van der Waals surface area contributed by atoms with Crippen LogP contribution in [0.15, 0.2) is 150 Å². The quantitative estimate of drug-likeness (QED) is 0.105. The molecule has 0 unspecified atom stereocenters. The normalized spacial score (nSPS) is 8.64. The van der Waals surface area contributed by atoms with E-state index in [-0.39, 0.29) is 0 Å². The zero-order valence-corrected chi connectivity index (χ0v) is 58.0. The zero-order valence-electron chi connectivity index (χ0n) is 54.7. The van der Waals surface area contributed by atoms with Gasteiger partial charge in [0.2, 0.25) is 0 Å². The fourth-order valence-electron chi connectivity index (χ4n) is 2.05. The van der Waals surface area contributed by atoms with E-state index in [2.05, 4.69) is 255 Å². The Labute approximate surface area is 506 Å². The number of rotatable bonds is 1. The Morgan fingerprint density at radius 1 is 0.362 bits per heavy atom. The van der Waals surface area contributed by atoms with Gasteiger partial charge in [0.05, 0.1) is 24.2 Å². The topological polar surface area (TPSA) is 208 Å². The van der Waals surface area contributed by atoms with Crippen LogP contribution in [-0.2, 0) is 0 Å². The van der Waals surface area contributed by atoms with Crippen LogP contribution in [0.5, 0.6) is 0 Å². The molecule has 15 nitrogen and oxygen atoms in total. The van der Waals surface area contributed by atoms with Crippen molar-refractivity contribution in [2.75, 3.05) is 0 Å². The predicted molar refractivity (Wildman–Crippen MR) is 357 cm³/mol. The molecule has 19 heteroatoms. The molecule has 0 bridgehead atoms. The summed E-state index contributed by atoms with van der Waals surface area (Å²) in [7, 11) is 0. The number of thiophene rings is 1. The van der Waals surface area contributed by atoms with Gasteiger partial charge in [0.1, 0.15) is 23.2 Å². The highest BCUT2D eigenvalue weighted by atomic mass is 32.1. The van der Waals surface area contributed by atoms with Crippen LogP contribution in [0, 0.1) is 47.3 Å². The molecular formula is C61H117N15S4. The molecule has 0 amide bonds. The third-order valence-electron chi connectivity index (χ3n) is 3.96. The van der Waals surface area contributed by atoms with Crippen molar-refractivity contribution >= 4 is 45.5 Å². The van der Waals surface area contributed by atoms with E-state index in [4.69, 9.17) is 0 Å². The molecule has 460 valence electrons. The first kappa shape index (κ1) is 91.0. The number of imidazole rings is 1. The lowest BCUT2D eigenvalue weighted by atomic mass is 10.2. The molecule has 0 radical (unpaired) electrons. The predicted octanol–water partition coefficient (Wildman–Crippen LogP) is 20.4. The van der Waals surface area contributed by atoms with Gasteiger partial charge in [0, 0.05) is 66.3 Å². The van der Waals surface area contributed by atoms with Crippen molar-refractivity contribution in [3.8, 4) is 0 Å². The lowest BCUT2D eigenvalue weighted by Gasteiger charge is -1.92. The largest absolute Gasteiger partial charge is 0.368 e. The highest BCUT2D eigenvalue weighted by molar-refractivity contribution is 7.09. The number of aromatic nitrogens is 15. The second kappa shape index (κ2) is 82.3. The van der Waals surface area contributed by atoms with Gasteiger partial charge in [-0.15, -0.1) is 32.9 Å². The van der Waals surface area contributed by atoms with E-state index in [1.54, 1.807) is 101 Å². The third kappa shape index (κ3) is 179. The van der Waals surface area contributed by atoms with Gasteiger partial charge in [-0.2, -0.15) is 36.9 Å². The van der Waals surface area contributed by atoms with Crippen LogP contribution in [0.25, 0.3) is 0 Å².